The molecule has 0 unspecified atom stereocenters. The summed E-state index contributed by atoms with van der Waals surface area (Å²) in [4.78, 5) is 13.7. The molecule has 0 radical (unpaired) electrons. The summed E-state index contributed by atoms with van der Waals surface area (Å²) < 4.78 is 13.7. The van der Waals surface area contributed by atoms with E-state index in [1.165, 1.54) is 12.1 Å². The van der Waals surface area contributed by atoms with Crippen LogP contribution in [-0.2, 0) is 4.79 Å². The molecule has 7 heteroatoms. The van der Waals surface area contributed by atoms with Crippen molar-refractivity contribution in [1.29, 1.82) is 0 Å². The van der Waals surface area contributed by atoms with Crippen molar-refractivity contribution < 1.29 is 9.18 Å². The fourth-order valence-electron chi connectivity index (χ4n) is 1.93. The number of nitrogens with zero attached hydrogens (tertiary/aromatic N) is 2. The second-order valence-corrected chi connectivity index (χ2v) is 6.11. The maximum absolute atomic E-state index is 12.8. The van der Waals surface area contributed by atoms with Gasteiger partial charge >= 0.3 is 0 Å². The van der Waals surface area contributed by atoms with Gasteiger partial charge in [-0.15, -0.1) is 0 Å². The molecule has 2 rings (SSSR count). The first kappa shape index (κ1) is 17.9. The summed E-state index contributed by atoms with van der Waals surface area (Å²) in [5.41, 5.74) is 5.02. The molecule has 0 heterocycles. The van der Waals surface area contributed by atoms with Gasteiger partial charge in [0.1, 0.15) is 5.82 Å². The SMILES string of the molecule is CN(C)c1ccc(/C=N\NC(=O)CNc2ccc(F)cc2)cc1Br. The highest BCUT2D eigenvalue weighted by molar-refractivity contribution is 9.10. The van der Waals surface area contributed by atoms with E-state index < -0.39 is 0 Å². The van der Waals surface area contributed by atoms with Gasteiger partial charge in [-0.25, -0.2) is 9.82 Å². The van der Waals surface area contributed by atoms with Crippen molar-refractivity contribution in [3.63, 3.8) is 0 Å². The molecule has 0 saturated carbocycles. The van der Waals surface area contributed by atoms with Crippen molar-refractivity contribution in [3.05, 3.63) is 58.3 Å². The van der Waals surface area contributed by atoms with Gasteiger partial charge in [0, 0.05) is 24.3 Å². The second kappa shape index (κ2) is 8.44. The third kappa shape index (κ3) is 5.34. The zero-order chi connectivity index (χ0) is 17.5. The predicted molar refractivity (Wildman–Crippen MR) is 99.1 cm³/mol. The number of carbonyl (C=O) groups excluding carboxylic acids is 1. The minimum absolute atomic E-state index is 0.0479. The van der Waals surface area contributed by atoms with Crippen molar-refractivity contribution in [2.45, 2.75) is 0 Å². The van der Waals surface area contributed by atoms with Crippen LogP contribution >= 0.6 is 15.9 Å². The summed E-state index contributed by atoms with van der Waals surface area (Å²) in [6.45, 7) is 0.0479. The first-order valence-electron chi connectivity index (χ1n) is 7.24. The van der Waals surface area contributed by atoms with Gasteiger partial charge in [0.05, 0.1) is 18.4 Å². The van der Waals surface area contributed by atoms with E-state index in [2.05, 4.69) is 31.8 Å². The zero-order valence-corrected chi connectivity index (χ0v) is 15.0. The van der Waals surface area contributed by atoms with E-state index >= 15 is 0 Å². The van der Waals surface area contributed by atoms with Gasteiger partial charge in [0.25, 0.3) is 5.91 Å². The van der Waals surface area contributed by atoms with Gasteiger partial charge in [-0.2, -0.15) is 5.10 Å². The zero-order valence-electron chi connectivity index (χ0n) is 13.4. The molecule has 1 amide bonds. The summed E-state index contributed by atoms with van der Waals surface area (Å²) in [6, 6.07) is 11.6. The molecular formula is C17H18BrFN4O. The van der Waals surface area contributed by atoms with E-state index in [1.54, 1.807) is 18.3 Å². The summed E-state index contributed by atoms with van der Waals surface area (Å²) in [5, 5.41) is 6.81. The first-order chi connectivity index (χ1) is 11.5. The number of nitrogens with one attached hydrogen (secondary N) is 2. The lowest BCUT2D eigenvalue weighted by atomic mass is 10.2. The van der Waals surface area contributed by atoms with Crippen LogP contribution in [0.25, 0.3) is 0 Å². The number of halogens is 2. The Morgan fingerprint density at radius 3 is 2.58 bits per heavy atom. The number of hydrogen-bond donors (Lipinski definition) is 2. The second-order valence-electron chi connectivity index (χ2n) is 5.26. The molecule has 0 aliphatic rings. The smallest absolute Gasteiger partial charge is 0.259 e. The lowest BCUT2D eigenvalue weighted by Crippen LogP contribution is -2.25. The third-order valence-corrected chi connectivity index (χ3v) is 3.79. The van der Waals surface area contributed by atoms with Crippen LogP contribution in [0.5, 0.6) is 0 Å². The van der Waals surface area contributed by atoms with E-state index in [1.807, 2.05) is 37.2 Å². The maximum Gasteiger partial charge on any atom is 0.259 e. The fourth-order valence-corrected chi connectivity index (χ4v) is 2.69. The quantitative estimate of drug-likeness (QED) is 0.586. The molecule has 0 atom stereocenters. The topological polar surface area (TPSA) is 56.7 Å². The average molecular weight is 393 g/mol. The molecule has 0 fully saturated rings. The lowest BCUT2D eigenvalue weighted by molar-refractivity contribution is -0.119. The van der Waals surface area contributed by atoms with E-state index in [0.717, 1.165) is 15.7 Å². The highest BCUT2D eigenvalue weighted by Crippen LogP contribution is 2.25. The number of hydrazone groups is 1. The van der Waals surface area contributed by atoms with Crippen molar-refractivity contribution in [2.75, 3.05) is 30.9 Å². The highest BCUT2D eigenvalue weighted by Gasteiger charge is 2.03. The predicted octanol–water partition coefficient (Wildman–Crippen LogP) is 3.22. The van der Waals surface area contributed by atoms with Gasteiger partial charge in [0.2, 0.25) is 0 Å². The molecule has 0 bridgehead atoms. The van der Waals surface area contributed by atoms with Crippen LogP contribution in [0.15, 0.2) is 52.0 Å². The van der Waals surface area contributed by atoms with Crippen LogP contribution in [0, 0.1) is 5.82 Å². The van der Waals surface area contributed by atoms with Gasteiger partial charge in [-0.05, 0) is 57.9 Å². The Kier molecular flexibility index (Phi) is 6.31. The molecule has 126 valence electrons. The van der Waals surface area contributed by atoms with Crippen LogP contribution in [0.2, 0.25) is 0 Å². The number of amides is 1. The standard InChI is InChI=1S/C17H18BrFN4O/c1-23(2)16-8-3-12(9-15(16)18)10-21-22-17(24)11-20-14-6-4-13(19)5-7-14/h3-10,20H,11H2,1-2H3,(H,22,24)/b21-10-. The Bertz CT molecular complexity index is 732. The number of anilines is 2. The minimum atomic E-state index is -0.318. The van der Waals surface area contributed by atoms with Gasteiger partial charge in [-0.3, -0.25) is 4.79 Å². The van der Waals surface area contributed by atoms with Crippen LogP contribution in [-0.4, -0.2) is 32.8 Å². The Morgan fingerprint density at radius 1 is 1.25 bits per heavy atom. The summed E-state index contributed by atoms with van der Waals surface area (Å²) in [7, 11) is 3.92. The van der Waals surface area contributed by atoms with Gasteiger partial charge < -0.3 is 10.2 Å². The molecule has 2 N–H and O–H groups in total. The Labute approximate surface area is 148 Å². The van der Waals surface area contributed by atoms with Crippen molar-refractivity contribution in [1.82, 2.24) is 5.43 Å². The van der Waals surface area contributed by atoms with Crippen molar-refractivity contribution in [3.8, 4) is 0 Å². The third-order valence-electron chi connectivity index (χ3n) is 3.15. The monoisotopic (exact) mass is 392 g/mol. The molecule has 24 heavy (non-hydrogen) atoms. The first-order valence-corrected chi connectivity index (χ1v) is 8.03. The summed E-state index contributed by atoms with van der Waals surface area (Å²) in [6.07, 6.45) is 1.57. The molecule has 0 aliphatic heterocycles. The molecule has 0 saturated heterocycles. The normalized spacial score (nSPS) is 10.7. The molecule has 2 aromatic rings. The summed E-state index contributed by atoms with van der Waals surface area (Å²) in [5.74, 6) is -0.611. The number of carbonyl (C=O) groups is 1. The molecule has 0 aliphatic carbocycles. The molecular weight excluding hydrogens is 375 g/mol. The minimum Gasteiger partial charge on any atom is -0.377 e. The molecule has 2 aromatic carbocycles. The van der Waals surface area contributed by atoms with E-state index in [9.17, 15) is 9.18 Å². The number of benzene rings is 2. The van der Waals surface area contributed by atoms with Crippen molar-refractivity contribution in [2.24, 2.45) is 5.10 Å². The lowest BCUT2D eigenvalue weighted by Gasteiger charge is -2.14. The van der Waals surface area contributed by atoms with E-state index in [-0.39, 0.29) is 18.3 Å². The van der Waals surface area contributed by atoms with E-state index in [4.69, 9.17) is 0 Å². The summed E-state index contributed by atoms with van der Waals surface area (Å²) >= 11 is 3.50. The average Bonchev–Trinajstić information content (AvgIpc) is 2.54. The van der Waals surface area contributed by atoms with Gasteiger partial charge in [-0.1, -0.05) is 6.07 Å². The molecule has 5 nitrogen and oxygen atoms in total. The van der Waals surface area contributed by atoms with Crippen LogP contribution in [0.1, 0.15) is 5.56 Å². The highest BCUT2D eigenvalue weighted by atomic mass is 79.9. The Morgan fingerprint density at radius 2 is 1.96 bits per heavy atom. The fraction of sp³-hybridized carbons (Fsp3) is 0.176. The van der Waals surface area contributed by atoms with Gasteiger partial charge in [0.15, 0.2) is 0 Å². The largest absolute Gasteiger partial charge is 0.377 e. The van der Waals surface area contributed by atoms with Crippen LogP contribution in [0.3, 0.4) is 0 Å². The van der Waals surface area contributed by atoms with E-state index in [0.29, 0.717) is 5.69 Å². The molecule has 0 spiro atoms. The van der Waals surface area contributed by atoms with Crippen molar-refractivity contribution >= 4 is 39.4 Å². The van der Waals surface area contributed by atoms with Crippen LogP contribution in [0.4, 0.5) is 15.8 Å². The number of rotatable bonds is 6. The molecule has 0 aromatic heterocycles. The van der Waals surface area contributed by atoms with Crippen LogP contribution < -0.4 is 15.6 Å². The maximum atomic E-state index is 12.8. The number of hydrogen-bond acceptors (Lipinski definition) is 4. The Hall–Kier alpha value is -2.41. The Balaban J connectivity index is 1.83.